The Morgan fingerprint density at radius 1 is 1.28 bits per heavy atom. The highest BCUT2D eigenvalue weighted by Crippen LogP contribution is 2.10. The molecule has 0 radical (unpaired) electrons. The van der Waals surface area contributed by atoms with E-state index >= 15 is 0 Å². The molecule has 1 aromatic carbocycles. The van der Waals surface area contributed by atoms with E-state index in [0.29, 0.717) is 13.1 Å². The molecule has 1 aromatic rings. The lowest BCUT2D eigenvalue weighted by Gasteiger charge is -2.26. The molecule has 0 aliphatic heterocycles. The molecule has 0 fully saturated rings. The van der Waals surface area contributed by atoms with Crippen molar-refractivity contribution in [2.45, 2.75) is 40.3 Å². The number of hydrogen-bond donors (Lipinski definition) is 1. The van der Waals surface area contributed by atoms with Gasteiger partial charge in [0.25, 0.3) is 0 Å². The molecule has 0 bridgehead atoms. The van der Waals surface area contributed by atoms with Crippen molar-refractivity contribution in [3.63, 3.8) is 0 Å². The van der Waals surface area contributed by atoms with Crippen LogP contribution in [-0.4, -0.2) is 23.4 Å². The first kappa shape index (κ1) is 14.7. The number of amides is 1. The average molecular weight is 248 g/mol. The maximum absolute atomic E-state index is 12.2. The fourth-order valence-corrected chi connectivity index (χ4v) is 1.76. The monoisotopic (exact) mass is 248 g/mol. The molecule has 3 heteroatoms. The summed E-state index contributed by atoms with van der Waals surface area (Å²) in [6.45, 7) is 9.31. The molecule has 3 nitrogen and oxygen atoms in total. The summed E-state index contributed by atoms with van der Waals surface area (Å²) in [5.41, 5.74) is 8.30. The van der Waals surface area contributed by atoms with E-state index in [1.54, 1.807) is 0 Å². The number of carbonyl (C=O) groups excluding carboxylic acids is 1. The molecule has 0 aliphatic carbocycles. The highest BCUT2D eigenvalue weighted by molar-refractivity contribution is 5.81. The minimum atomic E-state index is -0.407. The lowest BCUT2D eigenvalue weighted by molar-refractivity contribution is -0.134. The van der Waals surface area contributed by atoms with Gasteiger partial charge in [-0.05, 0) is 25.3 Å². The van der Waals surface area contributed by atoms with Crippen LogP contribution in [0.25, 0.3) is 0 Å². The van der Waals surface area contributed by atoms with Crippen LogP contribution in [0.1, 0.15) is 31.9 Å². The highest BCUT2D eigenvalue weighted by Gasteiger charge is 2.22. The normalized spacial score (nSPS) is 12.6. The van der Waals surface area contributed by atoms with Crippen LogP contribution in [0.2, 0.25) is 0 Å². The van der Waals surface area contributed by atoms with Crippen molar-refractivity contribution in [2.75, 3.05) is 6.54 Å². The molecule has 1 atom stereocenters. The Morgan fingerprint density at radius 3 is 2.28 bits per heavy atom. The average Bonchev–Trinajstić information content (AvgIpc) is 2.36. The van der Waals surface area contributed by atoms with E-state index in [1.807, 2.05) is 25.7 Å². The maximum atomic E-state index is 12.2. The lowest BCUT2D eigenvalue weighted by atomic mass is 10.0. The second-order valence-corrected chi connectivity index (χ2v) is 5.11. The summed E-state index contributed by atoms with van der Waals surface area (Å²) in [6.07, 6.45) is 0. The lowest BCUT2D eigenvalue weighted by Crippen LogP contribution is -2.46. The van der Waals surface area contributed by atoms with Crippen molar-refractivity contribution in [3.05, 3.63) is 35.4 Å². The zero-order valence-corrected chi connectivity index (χ0v) is 11.8. The number of nitrogens with zero attached hydrogens (tertiary/aromatic N) is 1. The summed E-state index contributed by atoms with van der Waals surface area (Å²) in [4.78, 5) is 14.0. The highest BCUT2D eigenvalue weighted by atomic mass is 16.2. The Bertz CT molecular complexity index is 384. The predicted octanol–water partition coefficient (Wildman–Crippen LogP) is 2.33. The third-order valence-corrected chi connectivity index (χ3v) is 3.19. The van der Waals surface area contributed by atoms with Crippen molar-refractivity contribution in [2.24, 2.45) is 11.7 Å². The van der Waals surface area contributed by atoms with Crippen LogP contribution < -0.4 is 5.73 Å². The third-order valence-electron chi connectivity index (χ3n) is 3.19. The number of aryl methyl sites for hydroxylation is 1. The minimum absolute atomic E-state index is 0.0353. The molecule has 0 aliphatic rings. The van der Waals surface area contributed by atoms with E-state index in [-0.39, 0.29) is 11.8 Å². The number of nitrogens with two attached hydrogens (primary N) is 1. The number of benzene rings is 1. The Balaban J connectivity index is 2.72. The molecule has 100 valence electrons. The summed E-state index contributed by atoms with van der Waals surface area (Å²) in [5.74, 6) is 0.206. The molecule has 18 heavy (non-hydrogen) atoms. The summed E-state index contributed by atoms with van der Waals surface area (Å²) in [7, 11) is 0. The quantitative estimate of drug-likeness (QED) is 0.869. The van der Waals surface area contributed by atoms with Gasteiger partial charge in [-0.15, -0.1) is 0 Å². The van der Waals surface area contributed by atoms with Crippen LogP contribution in [0.5, 0.6) is 0 Å². The molecular formula is C15H24N2O. The molecule has 2 N–H and O–H groups in total. The molecule has 0 heterocycles. The van der Waals surface area contributed by atoms with Gasteiger partial charge in [0.15, 0.2) is 0 Å². The molecule has 0 saturated carbocycles. The third kappa shape index (κ3) is 3.84. The van der Waals surface area contributed by atoms with Crippen LogP contribution in [0, 0.1) is 12.8 Å². The predicted molar refractivity (Wildman–Crippen MR) is 75.1 cm³/mol. The molecule has 0 saturated heterocycles. The fraction of sp³-hybridized carbons (Fsp3) is 0.533. The van der Waals surface area contributed by atoms with Gasteiger partial charge in [-0.1, -0.05) is 43.7 Å². The Hall–Kier alpha value is -1.35. The van der Waals surface area contributed by atoms with E-state index in [0.717, 1.165) is 5.56 Å². The van der Waals surface area contributed by atoms with Gasteiger partial charge in [0.2, 0.25) is 5.91 Å². The molecule has 1 amide bonds. The summed E-state index contributed by atoms with van der Waals surface area (Å²) in [6, 6.07) is 7.85. The molecule has 1 unspecified atom stereocenters. The number of hydrogen-bond acceptors (Lipinski definition) is 2. The van der Waals surface area contributed by atoms with Gasteiger partial charge in [0, 0.05) is 13.1 Å². The number of carbonyl (C=O) groups is 1. The van der Waals surface area contributed by atoms with Gasteiger partial charge in [0.1, 0.15) is 0 Å². The van der Waals surface area contributed by atoms with Crippen molar-refractivity contribution < 1.29 is 4.79 Å². The van der Waals surface area contributed by atoms with Crippen LogP contribution in [-0.2, 0) is 11.3 Å². The van der Waals surface area contributed by atoms with Crippen LogP contribution in [0.4, 0.5) is 0 Å². The molecular weight excluding hydrogens is 224 g/mol. The van der Waals surface area contributed by atoms with Gasteiger partial charge >= 0.3 is 0 Å². The zero-order chi connectivity index (χ0) is 13.7. The fourth-order valence-electron chi connectivity index (χ4n) is 1.76. The largest absolute Gasteiger partial charge is 0.337 e. The molecule has 0 aromatic heterocycles. The summed E-state index contributed by atoms with van der Waals surface area (Å²) >= 11 is 0. The summed E-state index contributed by atoms with van der Waals surface area (Å²) < 4.78 is 0. The van der Waals surface area contributed by atoms with Crippen LogP contribution in [0.3, 0.4) is 0 Å². The zero-order valence-electron chi connectivity index (χ0n) is 11.8. The van der Waals surface area contributed by atoms with E-state index in [9.17, 15) is 4.79 Å². The van der Waals surface area contributed by atoms with E-state index in [1.165, 1.54) is 5.56 Å². The minimum Gasteiger partial charge on any atom is -0.337 e. The standard InChI is InChI=1S/C15H24N2O/c1-5-17(15(18)14(16)11(2)3)10-13-8-6-12(4)7-9-13/h6-9,11,14H,5,10,16H2,1-4H3. The topological polar surface area (TPSA) is 46.3 Å². The first-order valence-electron chi connectivity index (χ1n) is 6.55. The number of likely N-dealkylation sites (N-methyl/N-ethyl adjacent to an activating group) is 1. The van der Waals surface area contributed by atoms with Gasteiger partial charge in [-0.2, -0.15) is 0 Å². The van der Waals surface area contributed by atoms with Crippen LogP contribution >= 0.6 is 0 Å². The van der Waals surface area contributed by atoms with E-state index in [2.05, 4.69) is 31.2 Å². The van der Waals surface area contributed by atoms with E-state index in [4.69, 9.17) is 5.73 Å². The van der Waals surface area contributed by atoms with Crippen LogP contribution in [0.15, 0.2) is 24.3 Å². The van der Waals surface area contributed by atoms with E-state index < -0.39 is 6.04 Å². The van der Waals surface area contributed by atoms with Gasteiger partial charge in [-0.25, -0.2) is 0 Å². The van der Waals surface area contributed by atoms with Crippen molar-refractivity contribution in [1.29, 1.82) is 0 Å². The summed E-state index contributed by atoms with van der Waals surface area (Å²) in [5, 5.41) is 0. The molecule has 0 spiro atoms. The smallest absolute Gasteiger partial charge is 0.240 e. The van der Waals surface area contributed by atoms with Gasteiger partial charge in [-0.3, -0.25) is 4.79 Å². The maximum Gasteiger partial charge on any atom is 0.240 e. The Kier molecular flexibility index (Phi) is 5.35. The second-order valence-electron chi connectivity index (χ2n) is 5.11. The van der Waals surface area contributed by atoms with Crippen molar-refractivity contribution in [3.8, 4) is 0 Å². The van der Waals surface area contributed by atoms with Crippen molar-refractivity contribution >= 4 is 5.91 Å². The SMILES string of the molecule is CCN(Cc1ccc(C)cc1)C(=O)C(N)C(C)C. The van der Waals surface area contributed by atoms with Gasteiger partial charge in [0.05, 0.1) is 6.04 Å². The van der Waals surface area contributed by atoms with Gasteiger partial charge < -0.3 is 10.6 Å². The van der Waals surface area contributed by atoms with Crippen molar-refractivity contribution in [1.82, 2.24) is 4.90 Å². The first-order valence-corrected chi connectivity index (χ1v) is 6.55. The Morgan fingerprint density at radius 2 is 1.83 bits per heavy atom. The number of rotatable bonds is 5. The first-order chi connectivity index (χ1) is 8.45. The molecule has 1 rings (SSSR count). The Labute approximate surface area is 110 Å². The second kappa shape index (κ2) is 6.55.